The maximum Gasteiger partial charge on any atom is 0.206 e. The smallest absolute Gasteiger partial charge is 0.206 e. The average molecular weight is 294 g/mol. The normalized spacial score (nSPS) is 10.3. The van der Waals surface area contributed by atoms with Crippen LogP contribution in [-0.2, 0) is 0 Å². The van der Waals surface area contributed by atoms with E-state index in [1.54, 1.807) is 7.11 Å². The van der Waals surface area contributed by atoms with Crippen molar-refractivity contribution in [1.29, 1.82) is 0 Å². The first-order valence-electron chi connectivity index (χ1n) is 6.61. The lowest BCUT2D eigenvalue weighted by Crippen LogP contribution is -2.02. The van der Waals surface area contributed by atoms with Crippen molar-refractivity contribution in [3.05, 3.63) is 76.5 Å². The van der Waals surface area contributed by atoms with Gasteiger partial charge in [0.2, 0.25) is 5.78 Å². The van der Waals surface area contributed by atoms with E-state index in [2.05, 4.69) is 0 Å². The van der Waals surface area contributed by atoms with Gasteiger partial charge in [0.25, 0.3) is 0 Å². The van der Waals surface area contributed by atoms with E-state index in [1.807, 2.05) is 66.0 Å². The summed E-state index contributed by atoms with van der Waals surface area (Å²) in [4.78, 5) is 13.3. The molecule has 0 radical (unpaired) electrons. The van der Waals surface area contributed by atoms with Crippen LogP contribution in [0.1, 0.15) is 15.2 Å². The minimum Gasteiger partial charge on any atom is -0.496 e. The lowest BCUT2D eigenvalue weighted by Gasteiger charge is -2.09. The largest absolute Gasteiger partial charge is 0.496 e. The number of hydrogen-bond acceptors (Lipinski definition) is 3. The molecule has 0 aliphatic carbocycles. The first-order valence-corrected chi connectivity index (χ1v) is 7.49. The fourth-order valence-electron chi connectivity index (χ4n) is 2.24. The Morgan fingerprint density at radius 1 is 0.952 bits per heavy atom. The van der Waals surface area contributed by atoms with Crippen LogP contribution in [0.4, 0.5) is 0 Å². The average Bonchev–Trinajstić information content (AvgIpc) is 3.09. The van der Waals surface area contributed by atoms with Crippen LogP contribution in [0.3, 0.4) is 0 Å². The van der Waals surface area contributed by atoms with Crippen LogP contribution < -0.4 is 4.74 Å². The lowest BCUT2D eigenvalue weighted by molar-refractivity contribution is 0.103. The molecular weight excluding hydrogens is 280 g/mol. The summed E-state index contributed by atoms with van der Waals surface area (Å²) < 4.78 is 5.34. The van der Waals surface area contributed by atoms with E-state index in [9.17, 15) is 4.79 Å². The highest BCUT2D eigenvalue weighted by atomic mass is 32.1. The molecule has 0 fully saturated rings. The van der Waals surface area contributed by atoms with E-state index in [4.69, 9.17) is 4.74 Å². The number of rotatable bonds is 4. The molecule has 0 N–H and O–H groups in total. The summed E-state index contributed by atoms with van der Waals surface area (Å²) in [5, 5.41) is 1.90. The van der Waals surface area contributed by atoms with E-state index in [0.717, 1.165) is 16.0 Å². The Morgan fingerprint density at radius 2 is 1.76 bits per heavy atom. The minimum atomic E-state index is -0.000342. The zero-order chi connectivity index (χ0) is 14.7. The molecule has 0 spiro atoms. The molecule has 0 atom stereocenters. The summed E-state index contributed by atoms with van der Waals surface area (Å²) in [6, 6.07) is 19.4. The third kappa shape index (κ3) is 2.73. The van der Waals surface area contributed by atoms with E-state index in [-0.39, 0.29) is 5.78 Å². The van der Waals surface area contributed by atoms with Gasteiger partial charge in [0.1, 0.15) is 5.75 Å². The molecule has 3 rings (SSSR count). The summed E-state index contributed by atoms with van der Waals surface area (Å²) >= 11 is 1.44. The number of benzene rings is 2. The van der Waals surface area contributed by atoms with Gasteiger partial charge >= 0.3 is 0 Å². The second-order valence-corrected chi connectivity index (χ2v) is 5.54. The first kappa shape index (κ1) is 13.6. The van der Waals surface area contributed by atoms with Gasteiger partial charge in [-0.3, -0.25) is 4.79 Å². The fourth-order valence-corrected chi connectivity index (χ4v) is 2.91. The Hall–Kier alpha value is -2.39. The van der Waals surface area contributed by atoms with Gasteiger partial charge in [-0.05, 0) is 34.7 Å². The van der Waals surface area contributed by atoms with E-state index in [1.165, 1.54) is 11.3 Å². The summed E-state index contributed by atoms with van der Waals surface area (Å²) in [7, 11) is 1.59. The molecule has 2 aromatic carbocycles. The van der Waals surface area contributed by atoms with E-state index in [0.29, 0.717) is 11.3 Å². The second kappa shape index (κ2) is 5.94. The number of ketones is 1. The zero-order valence-corrected chi connectivity index (χ0v) is 12.4. The third-order valence-corrected chi connectivity index (χ3v) is 4.16. The van der Waals surface area contributed by atoms with Crippen LogP contribution in [0.5, 0.6) is 5.75 Å². The topological polar surface area (TPSA) is 26.3 Å². The van der Waals surface area contributed by atoms with Gasteiger partial charge in [-0.1, -0.05) is 42.5 Å². The van der Waals surface area contributed by atoms with Crippen molar-refractivity contribution in [3.8, 4) is 16.9 Å². The summed E-state index contributed by atoms with van der Waals surface area (Å²) in [6.45, 7) is 0. The molecule has 2 nitrogen and oxygen atoms in total. The van der Waals surface area contributed by atoms with Crippen molar-refractivity contribution >= 4 is 17.1 Å². The molecule has 21 heavy (non-hydrogen) atoms. The Balaban J connectivity index is 2.08. The Morgan fingerprint density at radius 3 is 2.43 bits per heavy atom. The molecule has 3 heteroatoms. The van der Waals surface area contributed by atoms with E-state index >= 15 is 0 Å². The van der Waals surface area contributed by atoms with Crippen molar-refractivity contribution in [2.75, 3.05) is 7.11 Å². The second-order valence-electron chi connectivity index (χ2n) is 4.59. The van der Waals surface area contributed by atoms with Crippen LogP contribution in [0.2, 0.25) is 0 Å². The van der Waals surface area contributed by atoms with Gasteiger partial charge in [0.05, 0.1) is 17.6 Å². The van der Waals surface area contributed by atoms with Gasteiger partial charge in [0, 0.05) is 0 Å². The van der Waals surface area contributed by atoms with Crippen molar-refractivity contribution < 1.29 is 9.53 Å². The fraction of sp³-hybridized carbons (Fsp3) is 0.0556. The highest BCUT2D eigenvalue weighted by molar-refractivity contribution is 7.12. The van der Waals surface area contributed by atoms with Crippen molar-refractivity contribution in [3.63, 3.8) is 0 Å². The summed E-state index contributed by atoms with van der Waals surface area (Å²) in [5.74, 6) is 0.604. The number of ether oxygens (including phenoxy) is 1. The number of carbonyl (C=O) groups excluding carboxylic acids is 1. The van der Waals surface area contributed by atoms with Gasteiger partial charge in [-0.25, -0.2) is 0 Å². The summed E-state index contributed by atoms with van der Waals surface area (Å²) in [5.41, 5.74) is 2.69. The first-order chi connectivity index (χ1) is 10.3. The molecule has 0 amide bonds. The van der Waals surface area contributed by atoms with Crippen LogP contribution >= 0.6 is 11.3 Å². The van der Waals surface area contributed by atoms with E-state index < -0.39 is 0 Å². The molecule has 1 heterocycles. The Labute approximate surface area is 127 Å². The molecule has 0 unspecified atom stereocenters. The van der Waals surface area contributed by atoms with Crippen molar-refractivity contribution in [2.24, 2.45) is 0 Å². The maximum absolute atomic E-state index is 12.6. The maximum atomic E-state index is 12.6. The molecule has 0 saturated heterocycles. The van der Waals surface area contributed by atoms with Crippen LogP contribution in [0.15, 0.2) is 66.0 Å². The Bertz CT molecular complexity index is 746. The van der Waals surface area contributed by atoms with Gasteiger partial charge < -0.3 is 4.74 Å². The Kier molecular flexibility index (Phi) is 3.84. The molecule has 3 aromatic rings. The molecule has 0 aliphatic heterocycles. The number of methoxy groups -OCH3 is 1. The van der Waals surface area contributed by atoms with Gasteiger partial charge in [0.15, 0.2) is 0 Å². The van der Waals surface area contributed by atoms with Crippen LogP contribution in [-0.4, -0.2) is 12.9 Å². The molecule has 1 aromatic heterocycles. The lowest BCUT2D eigenvalue weighted by atomic mass is 10.00. The predicted octanol–water partition coefficient (Wildman–Crippen LogP) is 4.65. The number of carbonyl (C=O) groups is 1. The minimum absolute atomic E-state index is 0.000342. The zero-order valence-electron chi connectivity index (χ0n) is 11.6. The molecule has 0 bridgehead atoms. The van der Waals surface area contributed by atoms with Gasteiger partial charge in [-0.15, -0.1) is 11.3 Å². The predicted molar refractivity (Wildman–Crippen MR) is 86.2 cm³/mol. The quantitative estimate of drug-likeness (QED) is 0.654. The SMILES string of the molecule is COc1ccc(-c2ccccc2)cc1C(=O)c1cccs1. The van der Waals surface area contributed by atoms with Crippen molar-refractivity contribution in [2.45, 2.75) is 0 Å². The highest BCUT2D eigenvalue weighted by Gasteiger charge is 2.16. The molecular formula is C18H14O2S. The van der Waals surface area contributed by atoms with Crippen LogP contribution in [0, 0.1) is 0 Å². The van der Waals surface area contributed by atoms with Gasteiger partial charge in [-0.2, -0.15) is 0 Å². The number of hydrogen-bond donors (Lipinski definition) is 0. The highest BCUT2D eigenvalue weighted by Crippen LogP contribution is 2.29. The van der Waals surface area contributed by atoms with Crippen LogP contribution in [0.25, 0.3) is 11.1 Å². The number of thiophene rings is 1. The summed E-state index contributed by atoms with van der Waals surface area (Å²) in [6.07, 6.45) is 0. The standard InChI is InChI=1S/C18H14O2S/c1-20-16-10-9-14(13-6-3-2-4-7-13)12-15(16)18(19)17-8-5-11-21-17/h2-12H,1H3. The molecule has 0 saturated carbocycles. The monoisotopic (exact) mass is 294 g/mol. The molecule has 0 aliphatic rings. The van der Waals surface area contributed by atoms with Crippen molar-refractivity contribution in [1.82, 2.24) is 0 Å². The third-order valence-electron chi connectivity index (χ3n) is 3.30. The molecule has 104 valence electrons.